The fourth-order valence-electron chi connectivity index (χ4n) is 2.25. The molecule has 4 rings (SSSR count). The monoisotopic (exact) mass is 277 g/mol. The van der Waals surface area contributed by atoms with Gasteiger partial charge in [-0.3, -0.25) is 9.38 Å². The molecule has 20 heavy (non-hydrogen) atoms. The summed E-state index contributed by atoms with van der Waals surface area (Å²) in [6.45, 7) is 0. The minimum atomic E-state index is 1.00. The van der Waals surface area contributed by atoms with Gasteiger partial charge in [0.05, 0.1) is 11.4 Å². The van der Waals surface area contributed by atoms with E-state index in [1.54, 1.807) is 17.5 Å². The first-order chi connectivity index (χ1) is 9.92. The van der Waals surface area contributed by atoms with Crippen molar-refractivity contribution in [2.75, 3.05) is 0 Å². The first kappa shape index (κ1) is 11.4. The van der Waals surface area contributed by atoms with Gasteiger partial charge >= 0.3 is 0 Å². The summed E-state index contributed by atoms with van der Waals surface area (Å²) in [5.41, 5.74) is 4.38. The number of thiazole rings is 1. The van der Waals surface area contributed by atoms with Crippen LogP contribution >= 0.6 is 11.3 Å². The van der Waals surface area contributed by atoms with Crippen molar-refractivity contribution in [2.45, 2.75) is 0 Å². The lowest BCUT2D eigenvalue weighted by atomic mass is 10.2. The second-order valence-corrected chi connectivity index (χ2v) is 5.34. The highest BCUT2D eigenvalue weighted by molar-refractivity contribution is 7.15. The average Bonchev–Trinajstić information content (AvgIpc) is 3.09. The van der Waals surface area contributed by atoms with Gasteiger partial charge in [-0.2, -0.15) is 0 Å². The van der Waals surface area contributed by atoms with Crippen LogP contribution in [0.3, 0.4) is 0 Å². The van der Waals surface area contributed by atoms with E-state index in [1.165, 1.54) is 0 Å². The predicted molar refractivity (Wildman–Crippen MR) is 81.7 cm³/mol. The Morgan fingerprint density at radius 1 is 0.950 bits per heavy atom. The zero-order chi connectivity index (χ0) is 13.4. The molecule has 0 bridgehead atoms. The molecular weight excluding hydrogens is 266 g/mol. The zero-order valence-corrected chi connectivity index (χ0v) is 11.4. The summed E-state index contributed by atoms with van der Waals surface area (Å²) in [4.78, 5) is 9.88. The van der Waals surface area contributed by atoms with E-state index in [0.29, 0.717) is 0 Å². The lowest BCUT2D eigenvalue weighted by Crippen LogP contribution is -1.84. The minimum Gasteiger partial charge on any atom is -0.290 e. The second-order valence-electron chi connectivity index (χ2n) is 4.51. The maximum Gasteiger partial charge on any atom is 0.194 e. The van der Waals surface area contributed by atoms with Crippen molar-refractivity contribution in [3.05, 3.63) is 66.4 Å². The predicted octanol–water partition coefficient (Wildman–Crippen LogP) is 4.12. The number of aromatic nitrogens is 3. The molecule has 0 N–H and O–H groups in total. The maximum absolute atomic E-state index is 4.69. The van der Waals surface area contributed by atoms with Crippen molar-refractivity contribution in [1.82, 2.24) is 14.4 Å². The van der Waals surface area contributed by atoms with Gasteiger partial charge in [0.25, 0.3) is 0 Å². The molecule has 0 spiro atoms. The SMILES string of the molecule is c1ccc(-c2cn3c(-c4cccnc4)csc3n2)cc1. The Kier molecular flexibility index (Phi) is 2.60. The van der Waals surface area contributed by atoms with Gasteiger partial charge in [0.2, 0.25) is 0 Å². The lowest BCUT2D eigenvalue weighted by molar-refractivity contribution is 1.22. The molecular formula is C16H11N3S. The van der Waals surface area contributed by atoms with Crippen LogP contribution in [0.1, 0.15) is 0 Å². The standard InChI is InChI=1S/C16H11N3S/c1-2-5-12(6-3-1)14-10-19-15(11-20-16(19)18-14)13-7-4-8-17-9-13/h1-11H. The van der Waals surface area contributed by atoms with Gasteiger partial charge in [-0.15, -0.1) is 11.3 Å². The molecule has 4 aromatic rings. The summed E-state index contributed by atoms with van der Waals surface area (Å²) < 4.78 is 2.13. The molecule has 0 atom stereocenters. The van der Waals surface area contributed by atoms with Crippen LogP contribution in [0.25, 0.3) is 27.5 Å². The van der Waals surface area contributed by atoms with Gasteiger partial charge in [0, 0.05) is 35.1 Å². The van der Waals surface area contributed by atoms with Gasteiger partial charge in [0.1, 0.15) is 0 Å². The average molecular weight is 277 g/mol. The molecule has 3 nitrogen and oxygen atoms in total. The van der Waals surface area contributed by atoms with Crippen molar-refractivity contribution >= 4 is 16.3 Å². The second kappa shape index (κ2) is 4.58. The van der Waals surface area contributed by atoms with E-state index >= 15 is 0 Å². The highest BCUT2D eigenvalue weighted by Gasteiger charge is 2.10. The van der Waals surface area contributed by atoms with Crippen LogP contribution in [0.15, 0.2) is 66.4 Å². The van der Waals surface area contributed by atoms with Crippen LogP contribution in [0.5, 0.6) is 0 Å². The van der Waals surface area contributed by atoms with E-state index in [9.17, 15) is 0 Å². The van der Waals surface area contributed by atoms with Gasteiger partial charge in [-0.05, 0) is 12.1 Å². The van der Waals surface area contributed by atoms with E-state index in [4.69, 9.17) is 4.98 Å². The Hall–Kier alpha value is -2.46. The first-order valence-electron chi connectivity index (χ1n) is 6.34. The topological polar surface area (TPSA) is 30.2 Å². The number of rotatable bonds is 2. The number of pyridine rings is 1. The van der Waals surface area contributed by atoms with Crippen LogP contribution in [0.2, 0.25) is 0 Å². The maximum atomic E-state index is 4.69. The molecule has 96 valence electrons. The third-order valence-electron chi connectivity index (χ3n) is 3.24. The number of hydrogen-bond donors (Lipinski definition) is 0. The fraction of sp³-hybridized carbons (Fsp3) is 0. The zero-order valence-electron chi connectivity index (χ0n) is 10.6. The third kappa shape index (κ3) is 1.82. The van der Waals surface area contributed by atoms with Crippen molar-refractivity contribution < 1.29 is 0 Å². The molecule has 0 amide bonds. The highest BCUT2D eigenvalue weighted by atomic mass is 32.1. The van der Waals surface area contributed by atoms with Gasteiger partial charge in [0.15, 0.2) is 4.96 Å². The van der Waals surface area contributed by atoms with Crippen LogP contribution in [-0.2, 0) is 0 Å². The Morgan fingerprint density at radius 3 is 2.60 bits per heavy atom. The lowest BCUT2D eigenvalue weighted by Gasteiger charge is -1.98. The fourth-order valence-corrected chi connectivity index (χ4v) is 3.14. The number of hydrogen-bond acceptors (Lipinski definition) is 3. The summed E-state index contributed by atoms with van der Waals surface area (Å²) >= 11 is 1.65. The van der Waals surface area contributed by atoms with E-state index < -0.39 is 0 Å². The smallest absolute Gasteiger partial charge is 0.194 e. The van der Waals surface area contributed by atoms with Crippen molar-refractivity contribution in [3.8, 4) is 22.5 Å². The van der Waals surface area contributed by atoms with Crippen molar-refractivity contribution in [1.29, 1.82) is 0 Å². The van der Waals surface area contributed by atoms with Crippen LogP contribution < -0.4 is 0 Å². The minimum absolute atomic E-state index is 1.00. The molecule has 1 aromatic carbocycles. The van der Waals surface area contributed by atoms with Crippen LogP contribution in [-0.4, -0.2) is 14.4 Å². The van der Waals surface area contributed by atoms with E-state index in [-0.39, 0.29) is 0 Å². The molecule has 0 aliphatic heterocycles. The Morgan fingerprint density at radius 2 is 1.80 bits per heavy atom. The Labute approximate surface area is 120 Å². The molecule has 3 aromatic heterocycles. The molecule has 0 saturated carbocycles. The van der Waals surface area contributed by atoms with E-state index in [1.807, 2.05) is 30.5 Å². The first-order valence-corrected chi connectivity index (χ1v) is 7.22. The van der Waals surface area contributed by atoms with Gasteiger partial charge < -0.3 is 0 Å². The van der Waals surface area contributed by atoms with Crippen molar-refractivity contribution in [2.24, 2.45) is 0 Å². The molecule has 0 aliphatic carbocycles. The molecule has 0 fully saturated rings. The summed E-state index contributed by atoms with van der Waals surface area (Å²) in [5.74, 6) is 0. The molecule has 4 heteroatoms. The molecule has 0 aliphatic rings. The summed E-state index contributed by atoms with van der Waals surface area (Å²) in [6, 6.07) is 14.3. The number of nitrogens with zero attached hydrogens (tertiary/aromatic N) is 3. The molecule has 3 heterocycles. The molecule has 0 saturated heterocycles. The number of benzene rings is 1. The van der Waals surface area contributed by atoms with Gasteiger partial charge in [-0.25, -0.2) is 4.98 Å². The summed E-state index contributed by atoms with van der Waals surface area (Å²) in [6.07, 6.45) is 5.75. The largest absolute Gasteiger partial charge is 0.290 e. The number of imidazole rings is 1. The van der Waals surface area contributed by atoms with Crippen molar-refractivity contribution in [3.63, 3.8) is 0 Å². The van der Waals surface area contributed by atoms with E-state index in [2.05, 4.69) is 39.2 Å². The van der Waals surface area contributed by atoms with Crippen LogP contribution in [0, 0.1) is 0 Å². The van der Waals surface area contributed by atoms with E-state index in [0.717, 1.165) is 27.5 Å². The van der Waals surface area contributed by atoms with Gasteiger partial charge in [-0.1, -0.05) is 30.3 Å². The highest BCUT2D eigenvalue weighted by Crippen LogP contribution is 2.28. The Balaban J connectivity index is 1.88. The third-order valence-corrected chi connectivity index (χ3v) is 4.08. The molecule has 0 unspecified atom stereocenters. The quantitative estimate of drug-likeness (QED) is 0.551. The summed E-state index contributed by atoms with van der Waals surface area (Å²) in [5, 5.41) is 2.12. The van der Waals surface area contributed by atoms with Crippen LogP contribution in [0.4, 0.5) is 0 Å². The summed E-state index contributed by atoms with van der Waals surface area (Å²) in [7, 11) is 0. The number of fused-ring (bicyclic) bond motifs is 1. The molecule has 0 radical (unpaired) electrons. The Bertz CT molecular complexity index is 847. The normalized spacial score (nSPS) is 11.0.